The van der Waals surface area contributed by atoms with Crippen molar-refractivity contribution >= 4 is 22.8 Å². The standard InChI is InChI=1S/C13H18N2OS/c16-9-5-1-2-6-10-17-13-14-11-7-3-4-8-12(11)15-13/h3-4,7-8,16H,1-2,5-6,9-10H2,(H,14,15). The molecule has 0 spiro atoms. The van der Waals surface area contributed by atoms with Gasteiger partial charge in [-0.05, 0) is 25.0 Å². The van der Waals surface area contributed by atoms with Crippen LogP contribution >= 0.6 is 11.8 Å². The minimum atomic E-state index is 0.316. The highest BCUT2D eigenvalue weighted by molar-refractivity contribution is 7.99. The molecule has 0 fully saturated rings. The Morgan fingerprint density at radius 2 is 1.94 bits per heavy atom. The number of nitrogens with zero attached hydrogens (tertiary/aromatic N) is 1. The zero-order chi connectivity index (χ0) is 11.9. The molecule has 0 aliphatic heterocycles. The van der Waals surface area contributed by atoms with Crippen molar-refractivity contribution < 1.29 is 5.11 Å². The number of unbranched alkanes of at least 4 members (excludes halogenated alkanes) is 3. The van der Waals surface area contributed by atoms with Crippen LogP contribution in [0.1, 0.15) is 25.7 Å². The van der Waals surface area contributed by atoms with Crippen molar-refractivity contribution in [3.05, 3.63) is 24.3 Å². The van der Waals surface area contributed by atoms with E-state index < -0.39 is 0 Å². The fourth-order valence-corrected chi connectivity index (χ4v) is 2.62. The van der Waals surface area contributed by atoms with Gasteiger partial charge in [0.1, 0.15) is 0 Å². The molecule has 0 radical (unpaired) electrons. The molecule has 0 saturated heterocycles. The van der Waals surface area contributed by atoms with Gasteiger partial charge in [0.05, 0.1) is 11.0 Å². The molecule has 0 unspecified atom stereocenters. The van der Waals surface area contributed by atoms with Crippen molar-refractivity contribution in [3.63, 3.8) is 0 Å². The normalized spacial score (nSPS) is 11.1. The number of aliphatic hydroxyl groups excluding tert-OH is 1. The van der Waals surface area contributed by atoms with Crippen molar-refractivity contribution in [3.8, 4) is 0 Å². The van der Waals surface area contributed by atoms with Crippen molar-refractivity contribution in [2.75, 3.05) is 12.4 Å². The third-order valence-corrected chi connectivity index (χ3v) is 3.62. The average molecular weight is 250 g/mol. The first-order valence-corrected chi connectivity index (χ1v) is 7.07. The van der Waals surface area contributed by atoms with E-state index in [1.54, 1.807) is 11.8 Å². The summed E-state index contributed by atoms with van der Waals surface area (Å²) in [5, 5.41) is 9.67. The summed E-state index contributed by atoms with van der Waals surface area (Å²) in [4.78, 5) is 7.82. The van der Waals surface area contributed by atoms with Crippen LogP contribution in [0.25, 0.3) is 11.0 Å². The lowest BCUT2D eigenvalue weighted by Gasteiger charge is -1.98. The molecule has 2 rings (SSSR count). The minimum Gasteiger partial charge on any atom is -0.396 e. The van der Waals surface area contributed by atoms with Gasteiger partial charge in [-0.25, -0.2) is 4.98 Å². The van der Waals surface area contributed by atoms with Gasteiger partial charge in [0.25, 0.3) is 0 Å². The van der Waals surface area contributed by atoms with Gasteiger partial charge < -0.3 is 10.1 Å². The second-order valence-corrected chi connectivity index (χ2v) is 5.13. The molecule has 1 aromatic carbocycles. The van der Waals surface area contributed by atoms with Crippen molar-refractivity contribution in [2.45, 2.75) is 30.8 Å². The summed E-state index contributed by atoms with van der Waals surface area (Å²) in [5.74, 6) is 1.09. The molecule has 1 heterocycles. The van der Waals surface area contributed by atoms with Crippen LogP contribution in [0.5, 0.6) is 0 Å². The zero-order valence-electron chi connectivity index (χ0n) is 9.85. The lowest BCUT2D eigenvalue weighted by atomic mass is 10.2. The van der Waals surface area contributed by atoms with Crippen LogP contribution in [0.15, 0.2) is 29.4 Å². The summed E-state index contributed by atoms with van der Waals surface area (Å²) in [6.07, 6.45) is 4.42. The van der Waals surface area contributed by atoms with Crippen molar-refractivity contribution in [1.82, 2.24) is 9.97 Å². The number of nitrogens with one attached hydrogen (secondary N) is 1. The van der Waals surface area contributed by atoms with Gasteiger partial charge in [0.15, 0.2) is 5.16 Å². The lowest BCUT2D eigenvalue weighted by Crippen LogP contribution is -1.85. The maximum absolute atomic E-state index is 8.66. The predicted octanol–water partition coefficient (Wildman–Crippen LogP) is 3.21. The van der Waals surface area contributed by atoms with Gasteiger partial charge in [-0.2, -0.15) is 0 Å². The van der Waals surface area contributed by atoms with Crippen LogP contribution in [-0.2, 0) is 0 Å². The van der Waals surface area contributed by atoms with Gasteiger partial charge in [-0.15, -0.1) is 0 Å². The van der Waals surface area contributed by atoms with E-state index in [1.807, 2.05) is 24.3 Å². The van der Waals surface area contributed by atoms with E-state index in [1.165, 1.54) is 12.8 Å². The van der Waals surface area contributed by atoms with E-state index in [2.05, 4.69) is 9.97 Å². The summed E-state index contributed by atoms with van der Waals surface area (Å²) >= 11 is 1.78. The summed E-state index contributed by atoms with van der Waals surface area (Å²) in [7, 11) is 0. The number of benzene rings is 1. The second-order valence-electron chi connectivity index (χ2n) is 4.05. The van der Waals surface area contributed by atoms with E-state index in [-0.39, 0.29) is 0 Å². The molecule has 0 bridgehead atoms. The zero-order valence-corrected chi connectivity index (χ0v) is 10.7. The number of hydrogen-bond donors (Lipinski definition) is 2. The second kappa shape index (κ2) is 6.67. The summed E-state index contributed by atoms with van der Waals surface area (Å²) in [5.41, 5.74) is 2.14. The van der Waals surface area contributed by atoms with E-state index in [0.717, 1.165) is 34.8 Å². The minimum absolute atomic E-state index is 0.316. The summed E-state index contributed by atoms with van der Waals surface area (Å²) < 4.78 is 0. The number of para-hydroxylation sites is 2. The molecule has 0 amide bonds. The smallest absolute Gasteiger partial charge is 0.166 e. The highest BCUT2D eigenvalue weighted by Crippen LogP contribution is 2.20. The largest absolute Gasteiger partial charge is 0.396 e. The van der Waals surface area contributed by atoms with Crippen molar-refractivity contribution in [1.29, 1.82) is 0 Å². The summed E-state index contributed by atoms with van der Waals surface area (Å²) in [6, 6.07) is 8.10. The Balaban J connectivity index is 1.75. The molecule has 92 valence electrons. The van der Waals surface area contributed by atoms with E-state index in [0.29, 0.717) is 6.61 Å². The van der Waals surface area contributed by atoms with Gasteiger partial charge in [-0.3, -0.25) is 0 Å². The first-order valence-electron chi connectivity index (χ1n) is 6.08. The molecule has 0 aliphatic rings. The number of aromatic amines is 1. The van der Waals surface area contributed by atoms with Gasteiger partial charge in [-0.1, -0.05) is 36.7 Å². The fourth-order valence-electron chi connectivity index (χ4n) is 1.73. The number of hydrogen-bond acceptors (Lipinski definition) is 3. The molecule has 0 saturated carbocycles. The average Bonchev–Trinajstić information content (AvgIpc) is 2.76. The number of fused-ring (bicyclic) bond motifs is 1. The Morgan fingerprint density at radius 1 is 1.12 bits per heavy atom. The van der Waals surface area contributed by atoms with Gasteiger partial charge in [0, 0.05) is 12.4 Å². The Labute approximate surface area is 106 Å². The van der Waals surface area contributed by atoms with E-state index >= 15 is 0 Å². The van der Waals surface area contributed by atoms with Crippen LogP contribution in [0, 0.1) is 0 Å². The van der Waals surface area contributed by atoms with Crippen LogP contribution in [-0.4, -0.2) is 27.4 Å². The molecule has 2 aromatic rings. The number of rotatable bonds is 7. The Morgan fingerprint density at radius 3 is 2.76 bits per heavy atom. The molecule has 0 aliphatic carbocycles. The molecule has 3 nitrogen and oxygen atoms in total. The van der Waals surface area contributed by atoms with Crippen LogP contribution in [0.4, 0.5) is 0 Å². The van der Waals surface area contributed by atoms with Gasteiger partial charge >= 0.3 is 0 Å². The number of aromatic nitrogens is 2. The first-order chi connectivity index (χ1) is 8.40. The maximum Gasteiger partial charge on any atom is 0.166 e. The first kappa shape index (κ1) is 12.5. The van der Waals surface area contributed by atoms with Crippen LogP contribution in [0.2, 0.25) is 0 Å². The van der Waals surface area contributed by atoms with Crippen LogP contribution < -0.4 is 0 Å². The van der Waals surface area contributed by atoms with Gasteiger partial charge in [0.2, 0.25) is 0 Å². The summed E-state index contributed by atoms with van der Waals surface area (Å²) in [6.45, 7) is 0.316. The Hall–Kier alpha value is -1.00. The highest BCUT2D eigenvalue weighted by Gasteiger charge is 2.01. The van der Waals surface area contributed by atoms with Crippen molar-refractivity contribution in [2.24, 2.45) is 0 Å². The molecule has 17 heavy (non-hydrogen) atoms. The Bertz CT molecular complexity index is 422. The van der Waals surface area contributed by atoms with E-state index in [4.69, 9.17) is 5.11 Å². The Kier molecular flexibility index (Phi) is 4.88. The predicted molar refractivity (Wildman–Crippen MR) is 72.4 cm³/mol. The third-order valence-electron chi connectivity index (χ3n) is 2.66. The SMILES string of the molecule is OCCCCCCSc1nc2ccccc2[nH]1. The quantitative estimate of drug-likeness (QED) is 0.586. The number of aliphatic hydroxyl groups is 1. The number of thioether (sulfide) groups is 1. The third kappa shape index (κ3) is 3.75. The van der Waals surface area contributed by atoms with E-state index in [9.17, 15) is 0 Å². The molecular weight excluding hydrogens is 232 g/mol. The monoisotopic (exact) mass is 250 g/mol. The number of imidazole rings is 1. The fraction of sp³-hybridized carbons (Fsp3) is 0.462. The molecule has 2 N–H and O–H groups in total. The molecule has 0 atom stereocenters. The number of H-pyrrole nitrogens is 1. The molecule has 4 heteroatoms. The van der Waals surface area contributed by atoms with Crippen LogP contribution in [0.3, 0.4) is 0 Å². The highest BCUT2D eigenvalue weighted by atomic mass is 32.2. The molecule has 1 aromatic heterocycles. The lowest BCUT2D eigenvalue weighted by molar-refractivity contribution is 0.283. The topological polar surface area (TPSA) is 48.9 Å². The molecular formula is C13H18N2OS. The maximum atomic E-state index is 8.66.